The number of hydrogen-bond acceptors (Lipinski definition) is 4. The van der Waals surface area contributed by atoms with Crippen LogP contribution in [-0.2, 0) is 6.54 Å². The number of aliphatic hydroxyl groups is 1. The summed E-state index contributed by atoms with van der Waals surface area (Å²) in [5.74, 6) is 1.42. The Balaban J connectivity index is 2.60. The fourth-order valence-corrected chi connectivity index (χ4v) is 1.36. The van der Waals surface area contributed by atoms with Crippen LogP contribution in [0.25, 0.3) is 0 Å². The van der Waals surface area contributed by atoms with Gasteiger partial charge < -0.3 is 20.3 Å². The van der Waals surface area contributed by atoms with E-state index in [1.807, 2.05) is 18.2 Å². The normalized spacial score (nSPS) is 10.2. The van der Waals surface area contributed by atoms with Crippen LogP contribution in [0.1, 0.15) is 18.4 Å². The minimum atomic E-state index is 0.198. The molecule has 3 N–H and O–H groups in total. The van der Waals surface area contributed by atoms with Gasteiger partial charge in [0, 0.05) is 13.2 Å². The van der Waals surface area contributed by atoms with E-state index in [0.29, 0.717) is 24.7 Å². The molecule has 0 saturated heterocycles. The molecular weight excluding hydrogens is 206 g/mol. The van der Waals surface area contributed by atoms with E-state index in [9.17, 15) is 0 Å². The molecule has 0 amide bonds. The van der Waals surface area contributed by atoms with Crippen molar-refractivity contribution in [3.63, 3.8) is 0 Å². The maximum atomic E-state index is 8.65. The zero-order chi connectivity index (χ0) is 11.8. The van der Waals surface area contributed by atoms with Crippen LogP contribution in [0.2, 0.25) is 0 Å². The second kappa shape index (κ2) is 7.09. The van der Waals surface area contributed by atoms with Gasteiger partial charge in [-0.15, -0.1) is 0 Å². The van der Waals surface area contributed by atoms with Gasteiger partial charge in [-0.2, -0.15) is 0 Å². The zero-order valence-electron chi connectivity index (χ0n) is 9.61. The summed E-state index contributed by atoms with van der Waals surface area (Å²) < 4.78 is 10.8. The molecule has 1 aromatic carbocycles. The van der Waals surface area contributed by atoms with E-state index < -0.39 is 0 Å². The lowest BCUT2D eigenvalue weighted by atomic mass is 10.2. The minimum absolute atomic E-state index is 0.198. The summed E-state index contributed by atoms with van der Waals surface area (Å²) in [5.41, 5.74) is 6.57. The molecule has 0 aliphatic rings. The van der Waals surface area contributed by atoms with Crippen molar-refractivity contribution in [3.8, 4) is 11.5 Å². The molecular formula is C12H19NO3. The summed E-state index contributed by atoms with van der Waals surface area (Å²) in [4.78, 5) is 0. The Morgan fingerprint density at radius 2 is 2.06 bits per heavy atom. The van der Waals surface area contributed by atoms with Gasteiger partial charge in [0.25, 0.3) is 0 Å². The Bertz CT molecular complexity index is 315. The molecule has 0 aliphatic carbocycles. The number of nitrogens with two attached hydrogens (primary N) is 1. The molecule has 0 heterocycles. The third-order valence-corrected chi connectivity index (χ3v) is 2.27. The number of ether oxygens (including phenoxy) is 2. The second-order valence-electron chi connectivity index (χ2n) is 3.47. The molecule has 0 atom stereocenters. The quantitative estimate of drug-likeness (QED) is 0.687. The van der Waals surface area contributed by atoms with E-state index in [1.165, 1.54) is 0 Å². The molecule has 0 aliphatic heterocycles. The molecule has 0 fully saturated rings. The fourth-order valence-electron chi connectivity index (χ4n) is 1.36. The van der Waals surface area contributed by atoms with Crippen LogP contribution in [0.5, 0.6) is 11.5 Å². The largest absolute Gasteiger partial charge is 0.493 e. The van der Waals surface area contributed by atoms with Crippen LogP contribution < -0.4 is 15.2 Å². The Hall–Kier alpha value is -1.26. The van der Waals surface area contributed by atoms with E-state index >= 15 is 0 Å². The highest BCUT2D eigenvalue weighted by atomic mass is 16.5. The van der Waals surface area contributed by atoms with E-state index in [-0.39, 0.29) is 6.61 Å². The van der Waals surface area contributed by atoms with Crippen LogP contribution in [0.3, 0.4) is 0 Å². The topological polar surface area (TPSA) is 64.7 Å². The summed E-state index contributed by atoms with van der Waals surface area (Å²) >= 11 is 0. The molecule has 90 valence electrons. The van der Waals surface area contributed by atoms with Crippen molar-refractivity contribution in [1.29, 1.82) is 0 Å². The molecule has 0 bridgehead atoms. The van der Waals surface area contributed by atoms with E-state index in [1.54, 1.807) is 7.11 Å². The van der Waals surface area contributed by atoms with Gasteiger partial charge in [-0.25, -0.2) is 0 Å². The van der Waals surface area contributed by atoms with Crippen molar-refractivity contribution in [2.24, 2.45) is 5.73 Å². The second-order valence-corrected chi connectivity index (χ2v) is 3.47. The highest BCUT2D eigenvalue weighted by Gasteiger charge is 2.04. The molecule has 0 radical (unpaired) electrons. The molecule has 0 spiro atoms. The highest BCUT2D eigenvalue weighted by Crippen LogP contribution is 2.28. The number of hydrogen-bond donors (Lipinski definition) is 2. The van der Waals surface area contributed by atoms with Gasteiger partial charge >= 0.3 is 0 Å². The van der Waals surface area contributed by atoms with Gasteiger partial charge in [0.1, 0.15) is 0 Å². The fraction of sp³-hybridized carbons (Fsp3) is 0.500. The van der Waals surface area contributed by atoms with E-state index in [4.69, 9.17) is 20.3 Å². The van der Waals surface area contributed by atoms with Crippen molar-refractivity contribution in [3.05, 3.63) is 23.8 Å². The summed E-state index contributed by atoms with van der Waals surface area (Å²) in [6, 6.07) is 5.65. The molecule has 1 aromatic rings. The first-order chi connectivity index (χ1) is 7.81. The maximum Gasteiger partial charge on any atom is 0.161 e. The number of benzene rings is 1. The van der Waals surface area contributed by atoms with Crippen LogP contribution >= 0.6 is 0 Å². The Labute approximate surface area is 96.0 Å². The third-order valence-electron chi connectivity index (χ3n) is 2.27. The van der Waals surface area contributed by atoms with E-state index in [0.717, 1.165) is 18.4 Å². The first-order valence-corrected chi connectivity index (χ1v) is 5.42. The lowest BCUT2D eigenvalue weighted by molar-refractivity contribution is 0.247. The predicted octanol–water partition coefficient (Wildman–Crippen LogP) is 1.31. The number of methoxy groups -OCH3 is 1. The van der Waals surface area contributed by atoms with Crippen molar-refractivity contribution < 1.29 is 14.6 Å². The molecule has 4 nitrogen and oxygen atoms in total. The molecule has 0 saturated carbocycles. The molecule has 0 unspecified atom stereocenters. The first kappa shape index (κ1) is 12.8. The predicted molar refractivity (Wildman–Crippen MR) is 62.7 cm³/mol. The monoisotopic (exact) mass is 225 g/mol. The lowest BCUT2D eigenvalue weighted by Gasteiger charge is -2.11. The smallest absolute Gasteiger partial charge is 0.161 e. The van der Waals surface area contributed by atoms with Gasteiger partial charge in [0.15, 0.2) is 11.5 Å². The molecule has 0 aromatic heterocycles. The van der Waals surface area contributed by atoms with Crippen molar-refractivity contribution in [2.75, 3.05) is 20.3 Å². The van der Waals surface area contributed by atoms with Crippen LogP contribution in [0, 0.1) is 0 Å². The van der Waals surface area contributed by atoms with Gasteiger partial charge in [-0.05, 0) is 30.5 Å². The zero-order valence-corrected chi connectivity index (χ0v) is 9.61. The first-order valence-electron chi connectivity index (χ1n) is 5.42. The molecule has 1 rings (SSSR count). The number of unbranched alkanes of at least 4 members (excludes halogenated alkanes) is 1. The van der Waals surface area contributed by atoms with E-state index in [2.05, 4.69) is 0 Å². The van der Waals surface area contributed by atoms with Crippen molar-refractivity contribution in [1.82, 2.24) is 0 Å². The number of rotatable bonds is 7. The maximum absolute atomic E-state index is 8.65. The highest BCUT2D eigenvalue weighted by molar-refractivity contribution is 5.42. The van der Waals surface area contributed by atoms with Gasteiger partial charge in [-0.1, -0.05) is 6.07 Å². The van der Waals surface area contributed by atoms with Crippen LogP contribution in [0.15, 0.2) is 18.2 Å². The Morgan fingerprint density at radius 1 is 1.25 bits per heavy atom. The molecule has 4 heteroatoms. The average molecular weight is 225 g/mol. The third kappa shape index (κ3) is 3.72. The lowest BCUT2D eigenvalue weighted by Crippen LogP contribution is -2.02. The Morgan fingerprint density at radius 3 is 2.69 bits per heavy atom. The standard InChI is InChI=1S/C12H19NO3/c1-15-11-5-4-10(9-13)8-12(11)16-7-3-2-6-14/h4-5,8,14H,2-3,6-7,9,13H2,1H3. The van der Waals surface area contributed by atoms with Crippen molar-refractivity contribution in [2.45, 2.75) is 19.4 Å². The van der Waals surface area contributed by atoms with Crippen LogP contribution in [-0.4, -0.2) is 25.4 Å². The van der Waals surface area contributed by atoms with Gasteiger partial charge in [0.2, 0.25) is 0 Å². The van der Waals surface area contributed by atoms with Gasteiger partial charge in [-0.3, -0.25) is 0 Å². The number of aliphatic hydroxyl groups excluding tert-OH is 1. The van der Waals surface area contributed by atoms with Gasteiger partial charge in [0.05, 0.1) is 13.7 Å². The SMILES string of the molecule is COc1ccc(CN)cc1OCCCCO. The average Bonchev–Trinajstić information content (AvgIpc) is 2.34. The van der Waals surface area contributed by atoms with Crippen molar-refractivity contribution >= 4 is 0 Å². The summed E-state index contributed by atoms with van der Waals surface area (Å²) in [6.45, 7) is 1.26. The minimum Gasteiger partial charge on any atom is -0.493 e. The summed E-state index contributed by atoms with van der Waals surface area (Å²) in [6.07, 6.45) is 1.57. The Kier molecular flexibility index (Phi) is 5.67. The van der Waals surface area contributed by atoms with Crippen LogP contribution in [0.4, 0.5) is 0 Å². The summed E-state index contributed by atoms with van der Waals surface area (Å²) in [5, 5.41) is 8.65. The summed E-state index contributed by atoms with van der Waals surface area (Å²) in [7, 11) is 1.61. The molecule has 16 heavy (non-hydrogen) atoms.